The van der Waals surface area contributed by atoms with Crippen molar-refractivity contribution in [1.82, 2.24) is 0 Å². The van der Waals surface area contributed by atoms with Crippen molar-refractivity contribution in [3.63, 3.8) is 0 Å². The van der Waals surface area contributed by atoms with E-state index in [2.05, 4.69) is 0 Å². The molecule has 0 atom stereocenters. The number of hydrogen-bond acceptors (Lipinski definition) is 3. The van der Waals surface area contributed by atoms with E-state index in [1.807, 2.05) is 49.4 Å². The number of carbonyl (C=O) groups excluding carboxylic acids is 1. The molecule has 0 fully saturated rings. The minimum absolute atomic E-state index is 0.155. The summed E-state index contributed by atoms with van der Waals surface area (Å²) in [6, 6.07) is 19.9. The highest BCUT2D eigenvalue weighted by atomic mass is 32.2. The topological polar surface area (TPSA) is 54.5 Å². The predicted octanol–water partition coefficient (Wildman–Crippen LogP) is 3.91. The van der Waals surface area contributed by atoms with Crippen LogP contribution in [0.25, 0.3) is 10.8 Å². The zero-order chi connectivity index (χ0) is 18.0. The number of hydrogen-bond donors (Lipinski definition) is 0. The molecule has 128 valence electrons. The molecule has 3 rings (SSSR count). The van der Waals surface area contributed by atoms with Gasteiger partial charge >= 0.3 is 0 Å². The van der Waals surface area contributed by atoms with Gasteiger partial charge in [0, 0.05) is 24.1 Å². The van der Waals surface area contributed by atoms with Gasteiger partial charge in [-0.1, -0.05) is 30.3 Å². The normalized spacial score (nSPS) is 11.4. The monoisotopic (exact) mass is 353 g/mol. The van der Waals surface area contributed by atoms with Crippen molar-refractivity contribution < 1.29 is 13.2 Å². The molecular weight excluding hydrogens is 334 g/mol. The Balaban J connectivity index is 1.95. The standard InChI is InChI=1S/C20H19NO3S/c1-3-21(18-11-8-15-6-4-5-7-17(15)14-18)20(22)16-9-12-19(13-10-16)25(2,23)24/h4-14H,3H2,1-2H3. The second kappa shape index (κ2) is 6.69. The van der Waals surface area contributed by atoms with E-state index in [9.17, 15) is 13.2 Å². The summed E-state index contributed by atoms with van der Waals surface area (Å²) in [4.78, 5) is 14.7. The van der Waals surface area contributed by atoms with Crippen molar-refractivity contribution in [3.05, 3.63) is 72.3 Å². The highest BCUT2D eigenvalue weighted by molar-refractivity contribution is 7.90. The minimum Gasteiger partial charge on any atom is -0.309 e. The average Bonchev–Trinajstić information content (AvgIpc) is 2.61. The Bertz CT molecular complexity index is 1020. The van der Waals surface area contributed by atoms with Gasteiger partial charge < -0.3 is 4.90 Å². The third kappa shape index (κ3) is 3.56. The van der Waals surface area contributed by atoms with E-state index in [-0.39, 0.29) is 10.8 Å². The number of benzene rings is 3. The molecule has 3 aromatic rings. The smallest absolute Gasteiger partial charge is 0.258 e. The van der Waals surface area contributed by atoms with Gasteiger partial charge in [0.25, 0.3) is 5.91 Å². The molecule has 0 aliphatic carbocycles. The van der Waals surface area contributed by atoms with Crippen LogP contribution in [0, 0.1) is 0 Å². The molecule has 0 radical (unpaired) electrons. The number of anilines is 1. The molecule has 1 amide bonds. The SMILES string of the molecule is CCN(C(=O)c1ccc(S(C)(=O)=O)cc1)c1ccc2ccccc2c1. The second-order valence-electron chi connectivity index (χ2n) is 5.88. The fraction of sp³-hybridized carbons (Fsp3) is 0.150. The lowest BCUT2D eigenvalue weighted by atomic mass is 10.1. The van der Waals surface area contributed by atoms with Crippen molar-refractivity contribution in [2.75, 3.05) is 17.7 Å². The fourth-order valence-electron chi connectivity index (χ4n) is 2.79. The van der Waals surface area contributed by atoms with Crippen molar-refractivity contribution in [1.29, 1.82) is 0 Å². The molecule has 0 spiro atoms. The van der Waals surface area contributed by atoms with E-state index in [1.165, 1.54) is 12.1 Å². The minimum atomic E-state index is -3.27. The van der Waals surface area contributed by atoms with E-state index < -0.39 is 9.84 Å². The van der Waals surface area contributed by atoms with Crippen molar-refractivity contribution in [3.8, 4) is 0 Å². The Labute approximate surface area is 147 Å². The summed E-state index contributed by atoms with van der Waals surface area (Å²) in [5, 5.41) is 2.19. The van der Waals surface area contributed by atoms with Crippen LogP contribution in [0.3, 0.4) is 0 Å². The molecule has 0 aliphatic heterocycles. The van der Waals surface area contributed by atoms with E-state index in [1.54, 1.807) is 17.0 Å². The Morgan fingerprint density at radius 1 is 0.920 bits per heavy atom. The van der Waals surface area contributed by atoms with E-state index in [4.69, 9.17) is 0 Å². The maximum Gasteiger partial charge on any atom is 0.258 e. The lowest BCUT2D eigenvalue weighted by Crippen LogP contribution is -2.30. The largest absolute Gasteiger partial charge is 0.309 e. The van der Waals surface area contributed by atoms with E-state index >= 15 is 0 Å². The molecular formula is C20H19NO3S. The predicted molar refractivity (Wildman–Crippen MR) is 101 cm³/mol. The van der Waals surface area contributed by atoms with Crippen LogP contribution in [0.2, 0.25) is 0 Å². The number of carbonyl (C=O) groups is 1. The lowest BCUT2D eigenvalue weighted by Gasteiger charge is -2.21. The fourth-order valence-corrected chi connectivity index (χ4v) is 3.42. The molecule has 0 heterocycles. The zero-order valence-corrected chi connectivity index (χ0v) is 15.0. The van der Waals surface area contributed by atoms with Crippen LogP contribution < -0.4 is 4.90 Å². The van der Waals surface area contributed by atoms with Gasteiger partial charge in [0.1, 0.15) is 0 Å². The summed E-state index contributed by atoms with van der Waals surface area (Å²) in [7, 11) is -3.27. The number of amides is 1. The molecule has 0 aliphatic rings. The van der Waals surface area contributed by atoms with Gasteiger partial charge in [-0.2, -0.15) is 0 Å². The Morgan fingerprint density at radius 3 is 2.16 bits per heavy atom. The first-order valence-corrected chi connectivity index (χ1v) is 9.90. The maximum absolute atomic E-state index is 12.8. The van der Waals surface area contributed by atoms with Gasteiger partial charge in [0.05, 0.1) is 4.90 Å². The van der Waals surface area contributed by atoms with Crippen LogP contribution in [-0.4, -0.2) is 27.1 Å². The number of nitrogens with zero attached hydrogens (tertiary/aromatic N) is 1. The summed E-state index contributed by atoms with van der Waals surface area (Å²) in [5.74, 6) is -0.155. The summed E-state index contributed by atoms with van der Waals surface area (Å²) in [6.07, 6.45) is 1.15. The Kier molecular flexibility index (Phi) is 4.59. The quantitative estimate of drug-likeness (QED) is 0.714. The van der Waals surface area contributed by atoms with Gasteiger partial charge in [0.2, 0.25) is 0 Å². The molecule has 0 N–H and O–H groups in total. The van der Waals surface area contributed by atoms with Gasteiger partial charge in [-0.15, -0.1) is 0 Å². The first-order valence-electron chi connectivity index (χ1n) is 8.01. The summed E-state index contributed by atoms with van der Waals surface area (Å²) < 4.78 is 23.1. The first-order chi connectivity index (χ1) is 11.9. The highest BCUT2D eigenvalue weighted by Crippen LogP contribution is 2.24. The molecule has 0 saturated heterocycles. The van der Waals surface area contributed by atoms with Gasteiger partial charge in [-0.3, -0.25) is 4.79 Å². The van der Waals surface area contributed by atoms with Crippen LogP contribution >= 0.6 is 0 Å². The van der Waals surface area contributed by atoms with Crippen LogP contribution in [0.5, 0.6) is 0 Å². The Hall–Kier alpha value is -2.66. The highest BCUT2D eigenvalue weighted by Gasteiger charge is 2.17. The zero-order valence-electron chi connectivity index (χ0n) is 14.1. The molecule has 5 heteroatoms. The van der Waals surface area contributed by atoms with Crippen molar-refractivity contribution in [2.24, 2.45) is 0 Å². The molecule has 0 saturated carbocycles. The number of rotatable bonds is 4. The van der Waals surface area contributed by atoms with Crippen LogP contribution in [-0.2, 0) is 9.84 Å². The van der Waals surface area contributed by atoms with E-state index in [0.717, 1.165) is 22.7 Å². The first kappa shape index (κ1) is 17.2. The molecule has 0 unspecified atom stereocenters. The lowest BCUT2D eigenvalue weighted by molar-refractivity contribution is 0.0988. The molecule has 0 bridgehead atoms. The molecule has 3 aromatic carbocycles. The molecule has 25 heavy (non-hydrogen) atoms. The van der Waals surface area contributed by atoms with Crippen LogP contribution in [0.4, 0.5) is 5.69 Å². The van der Waals surface area contributed by atoms with Gasteiger partial charge in [-0.25, -0.2) is 8.42 Å². The summed E-state index contributed by atoms with van der Waals surface area (Å²) >= 11 is 0. The van der Waals surface area contributed by atoms with Gasteiger partial charge in [0.15, 0.2) is 9.84 Å². The second-order valence-corrected chi connectivity index (χ2v) is 7.89. The van der Waals surface area contributed by atoms with Crippen molar-refractivity contribution in [2.45, 2.75) is 11.8 Å². The van der Waals surface area contributed by atoms with Crippen molar-refractivity contribution >= 4 is 32.2 Å². The number of sulfone groups is 1. The third-order valence-corrected chi connectivity index (χ3v) is 5.26. The van der Waals surface area contributed by atoms with Crippen LogP contribution in [0.15, 0.2) is 71.6 Å². The summed E-state index contributed by atoms with van der Waals surface area (Å²) in [5.41, 5.74) is 1.28. The number of fused-ring (bicyclic) bond motifs is 1. The van der Waals surface area contributed by atoms with Gasteiger partial charge in [-0.05, 0) is 54.1 Å². The third-order valence-electron chi connectivity index (χ3n) is 4.14. The summed E-state index contributed by atoms with van der Waals surface area (Å²) in [6.45, 7) is 2.43. The average molecular weight is 353 g/mol. The Morgan fingerprint density at radius 2 is 1.56 bits per heavy atom. The molecule has 4 nitrogen and oxygen atoms in total. The maximum atomic E-state index is 12.8. The van der Waals surface area contributed by atoms with E-state index in [0.29, 0.717) is 12.1 Å². The van der Waals surface area contributed by atoms with Crippen LogP contribution in [0.1, 0.15) is 17.3 Å². The molecule has 0 aromatic heterocycles.